The fourth-order valence-electron chi connectivity index (χ4n) is 2.71. The highest BCUT2D eigenvalue weighted by molar-refractivity contribution is 7.80. The van der Waals surface area contributed by atoms with Crippen LogP contribution in [0.4, 0.5) is 10.5 Å². The molecule has 1 unspecified atom stereocenters. The number of fused-ring (bicyclic) bond motifs is 1. The first-order valence-electron chi connectivity index (χ1n) is 8.92. The maximum Gasteiger partial charge on any atom is 0.409 e. The summed E-state index contributed by atoms with van der Waals surface area (Å²) in [6.45, 7) is 0.0813. The van der Waals surface area contributed by atoms with Crippen LogP contribution in [0.15, 0.2) is 72.8 Å². The molecule has 0 spiro atoms. The number of hydrogen-bond donors (Lipinski definition) is 3. The molecule has 0 aliphatic rings. The zero-order valence-corrected chi connectivity index (χ0v) is 18.7. The first-order chi connectivity index (χ1) is 14.3. The lowest BCUT2D eigenvalue weighted by atomic mass is 10.1. The highest BCUT2D eigenvalue weighted by Gasteiger charge is 2.35. The first-order valence-corrected chi connectivity index (χ1v) is 10.5. The Balaban J connectivity index is 1.62. The summed E-state index contributed by atoms with van der Waals surface area (Å²) in [6, 6.07) is 22.8. The number of anilines is 1. The lowest BCUT2D eigenvalue weighted by Crippen LogP contribution is -2.56. The standard InChI is InChI=1S/C21H18Cl3N3O2S/c22-21(23,24)18(27-20(28)29-13-14-7-2-1-3-8-14)26-19(30)25-17-12-6-10-15-9-4-5-11-16(15)17/h1-12,18H,13H2,(H,27,28)(H2,25,26,30). The highest BCUT2D eigenvalue weighted by atomic mass is 35.6. The van der Waals surface area contributed by atoms with Gasteiger partial charge in [0.25, 0.3) is 0 Å². The Morgan fingerprint density at radius 2 is 1.60 bits per heavy atom. The maximum absolute atomic E-state index is 12.2. The molecule has 3 N–H and O–H groups in total. The second-order valence-electron chi connectivity index (χ2n) is 6.31. The Morgan fingerprint density at radius 1 is 0.933 bits per heavy atom. The second kappa shape index (κ2) is 10.2. The van der Waals surface area contributed by atoms with E-state index in [2.05, 4.69) is 16.0 Å². The normalized spacial score (nSPS) is 12.1. The number of rotatable bonds is 5. The first kappa shape index (κ1) is 22.4. The zero-order chi connectivity index (χ0) is 21.6. The number of benzene rings is 3. The van der Waals surface area contributed by atoms with Crippen molar-refractivity contribution in [2.45, 2.75) is 16.6 Å². The number of carbonyl (C=O) groups is 1. The summed E-state index contributed by atoms with van der Waals surface area (Å²) in [5.41, 5.74) is 1.61. The van der Waals surface area contributed by atoms with E-state index in [1.165, 1.54) is 0 Å². The van der Waals surface area contributed by atoms with Gasteiger partial charge in [0.15, 0.2) is 11.3 Å². The smallest absolute Gasteiger partial charge is 0.409 e. The van der Waals surface area contributed by atoms with Crippen LogP contribution in [0.25, 0.3) is 10.8 Å². The molecule has 0 saturated carbocycles. The van der Waals surface area contributed by atoms with Gasteiger partial charge in [0.1, 0.15) is 6.61 Å². The van der Waals surface area contributed by atoms with Gasteiger partial charge in [-0.3, -0.25) is 5.32 Å². The van der Waals surface area contributed by atoms with E-state index in [0.717, 1.165) is 22.0 Å². The molecule has 1 amide bonds. The van der Waals surface area contributed by atoms with Crippen molar-refractivity contribution in [2.24, 2.45) is 0 Å². The molecule has 3 aromatic carbocycles. The number of amides is 1. The molecule has 0 radical (unpaired) electrons. The van der Waals surface area contributed by atoms with Gasteiger partial charge in [-0.25, -0.2) is 4.79 Å². The predicted octanol–water partition coefficient (Wildman–Crippen LogP) is 5.75. The molecular weight excluding hydrogens is 465 g/mol. The Kier molecular flexibility index (Phi) is 7.61. The van der Waals surface area contributed by atoms with Crippen LogP contribution in [-0.4, -0.2) is 21.2 Å². The van der Waals surface area contributed by atoms with Gasteiger partial charge in [0.2, 0.25) is 3.79 Å². The molecule has 9 heteroatoms. The molecule has 0 aliphatic heterocycles. The van der Waals surface area contributed by atoms with Crippen LogP contribution in [0.1, 0.15) is 5.56 Å². The zero-order valence-electron chi connectivity index (χ0n) is 15.6. The van der Waals surface area contributed by atoms with E-state index in [0.29, 0.717) is 0 Å². The van der Waals surface area contributed by atoms with E-state index in [1.54, 1.807) is 0 Å². The van der Waals surface area contributed by atoms with Gasteiger partial charge in [-0.2, -0.15) is 0 Å². The topological polar surface area (TPSA) is 62.4 Å². The average molecular weight is 483 g/mol. The number of alkyl carbamates (subject to hydrolysis) is 1. The van der Waals surface area contributed by atoms with Gasteiger partial charge in [-0.15, -0.1) is 0 Å². The lowest BCUT2D eigenvalue weighted by Gasteiger charge is -2.27. The Bertz CT molecular complexity index is 1020. The molecular formula is C21H18Cl3N3O2S. The fraction of sp³-hybridized carbons (Fsp3) is 0.143. The molecule has 0 bridgehead atoms. The number of ether oxygens (including phenoxy) is 1. The molecule has 3 aromatic rings. The molecule has 0 aromatic heterocycles. The third-order valence-electron chi connectivity index (χ3n) is 4.12. The third-order valence-corrected chi connectivity index (χ3v) is 4.99. The summed E-state index contributed by atoms with van der Waals surface area (Å²) in [7, 11) is 0. The van der Waals surface area contributed by atoms with E-state index in [1.807, 2.05) is 72.8 Å². The van der Waals surface area contributed by atoms with Crippen LogP contribution in [0.2, 0.25) is 0 Å². The van der Waals surface area contributed by atoms with Crippen molar-refractivity contribution in [2.75, 3.05) is 5.32 Å². The van der Waals surface area contributed by atoms with Gasteiger partial charge in [-0.1, -0.05) is 102 Å². The van der Waals surface area contributed by atoms with Crippen LogP contribution in [-0.2, 0) is 11.3 Å². The minimum Gasteiger partial charge on any atom is -0.445 e. The number of alkyl halides is 3. The predicted molar refractivity (Wildman–Crippen MR) is 127 cm³/mol. The van der Waals surface area contributed by atoms with E-state index in [9.17, 15) is 4.79 Å². The molecule has 156 valence electrons. The maximum atomic E-state index is 12.2. The van der Waals surface area contributed by atoms with E-state index >= 15 is 0 Å². The van der Waals surface area contributed by atoms with Crippen molar-refractivity contribution in [3.05, 3.63) is 78.4 Å². The summed E-state index contributed by atoms with van der Waals surface area (Å²) in [6.07, 6.45) is -1.88. The fourth-order valence-corrected chi connectivity index (χ4v) is 3.26. The lowest BCUT2D eigenvalue weighted by molar-refractivity contribution is 0.135. The molecule has 0 fully saturated rings. The number of nitrogens with one attached hydrogen (secondary N) is 3. The molecule has 0 saturated heterocycles. The molecule has 0 aliphatic carbocycles. The molecule has 3 rings (SSSR count). The van der Waals surface area contributed by atoms with Crippen LogP contribution >= 0.6 is 47.0 Å². The molecule has 5 nitrogen and oxygen atoms in total. The molecule has 0 heterocycles. The van der Waals surface area contributed by atoms with E-state index in [4.69, 9.17) is 51.8 Å². The van der Waals surface area contributed by atoms with Crippen molar-refractivity contribution in [3.63, 3.8) is 0 Å². The number of thiocarbonyl (C=S) groups is 1. The van der Waals surface area contributed by atoms with Crippen molar-refractivity contribution in [1.82, 2.24) is 10.6 Å². The van der Waals surface area contributed by atoms with Gasteiger partial charge in [-0.05, 0) is 29.2 Å². The largest absolute Gasteiger partial charge is 0.445 e. The summed E-state index contributed by atoms with van der Waals surface area (Å²) in [5.74, 6) is 0. The third kappa shape index (κ3) is 6.37. The SMILES string of the molecule is O=C(NC(NC(=S)Nc1cccc2ccccc12)C(Cl)(Cl)Cl)OCc1ccccc1. The quantitative estimate of drug-likeness (QED) is 0.246. The Hall–Kier alpha value is -2.25. The van der Waals surface area contributed by atoms with E-state index < -0.39 is 16.1 Å². The summed E-state index contributed by atoms with van der Waals surface area (Å²) in [5, 5.41) is 10.6. The van der Waals surface area contributed by atoms with Crippen LogP contribution in [0, 0.1) is 0 Å². The summed E-state index contributed by atoms with van der Waals surface area (Å²) >= 11 is 23.4. The van der Waals surface area contributed by atoms with Crippen LogP contribution in [0.5, 0.6) is 0 Å². The molecule has 30 heavy (non-hydrogen) atoms. The monoisotopic (exact) mass is 481 g/mol. The van der Waals surface area contributed by atoms with E-state index in [-0.39, 0.29) is 11.7 Å². The van der Waals surface area contributed by atoms with Crippen LogP contribution in [0.3, 0.4) is 0 Å². The molecule has 1 atom stereocenters. The van der Waals surface area contributed by atoms with Gasteiger partial charge >= 0.3 is 6.09 Å². The summed E-state index contributed by atoms with van der Waals surface area (Å²) < 4.78 is 3.30. The summed E-state index contributed by atoms with van der Waals surface area (Å²) in [4.78, 5) is 12.2. The number of carbonyl (C=O) groups excluding carboxylic acids is 1. The van der Waals surface area contributed by atoms with Crippen LogP contribution < -0.4 is 16.0 Å². The van der Waals surface area contributed by atoms with Crippen molar-refractivity contribution in [3.8, 4) is 0 Å². The average Bonchev–Trinajstić information content (AvgIpc) is 2.72. The van der Waals surface area contributed by atoms with Crippen molar-refractivity contribution >= 4 is 74.7 Å². The Labute approximate surface area is 194 Å². The Morgan fingerprint density at radius 3 is 2.33 bits per heavy atom. The van der Waals surface area contributed by atoms with Gasteiger partial charge in [0.05, 0.1) is 0 Å². The highest BCUT2D eigenvalue weighted by Crippen LogP contribution is 2.29. The van der Waals surface area contributed by atoms with Gasteiger partial charge < -0.3 is 15.4 Å². The minimum atomic E-state index is -1.88. The number of halogens is 3. The minimum absolute atomic E-state index is 0.0813. The van der Waals surface area contributed by atoms with Crippen molar-refractivity contribution < 1.29 is 9.53 Å². The number of hydrogen-bond acceptors (Lipinski definition) is 3. The second-order valence-corrected chi connectivity index (χ2v) is 9.08. The van der Waals surface area contributed by atoms with Crippen molar-refractivity contribution in [1.29, 1.82) is 0 Å². The van der Waals surface area contributed by atoms with Gasteiger partial charge in [0, 0.05) is 11.1 Å².